The van der Waals surface area contributed by atoms with Gasteiger partial charge in [-0.05, 0) is 38.7 Å². The number of nitrogens with zero attached hydrogens (tertiary/aromatic N) is 1. The number of esters is 1. The summed E-state index contributed by atoms with van der Waals surface area (Å²) in [6, 6.07) is 3.23. The smallest absolute Gasteiger partial charge is 0.323 e. The summed E-state index contributed by atoms with van der Waals surface area (Å²) in [6.45, 7) is 1.69. The third-order valence-electron chi connectivity index (χ3n) is 4.14. The Kier molecular flexibility index (Phi) is 6.29. The van der Waals surface area contributed by atoms with Crippen LogP contribution in [0.25, 0.3) is 0 Å². The molecule has 0 saturated heterocycles. The van der Waals surface area contributed by atoms with Crippen LogP contribution in [0, 0.1) is 12.8 Å². The van der Waals surface area contributed by atoms with Crippen LogP contribution in [-0.2, 0) is 19.1 Å². The van der Waals surface area contributed by atoms with E-state index in [0.29, 0.717) is 17.3 Å². The number of ether oxygens (including phenoxy) is 2. The molecule has 136 valence electrons. The molecule has 0 radical (unpaired) electrons. The van der Waals surface area contributed by atoms with Crippen molar-refractivity contribution in [3.05, 3.63) is 17.8 Å². The molecule has 0 atom stereocenters. The van der Waals surface area contributed by atoms with Crippen LogP contribution in [0.1, 0.15) is 31.4 Å². The van der Waals surface area contributed by atoms with E-state index in [1.165, 1.54) is 7.11 Å². The van der Waals surface area contributed by atoms with Crippen LogP contribution in [0.15, 0.2) is 12.1 Å². The zero-order chi connectivity index (χ0) is 18.4. The topological polar surface area (TPSA) is 133 Å². The maximum atomic E-state index is 11.5. The first kappa shape index (κ1) is 18.7. The predicted octanol–water partition coefficient (Wildman–Crippen LogP) is 0.429. The molecule has 0 bridgehead atoms. The SMILES string of the molecule is COC(=O)[C@H]1CC[C@@H](Oc2ccc(NC(=O)C(=O)NN)c(C)n2)CC1. The van der Waals surface area contributed by atoms with Gasteiger partial charge >= 0.3 is 17.8 Å². The summed E-state index contributed by atoms with van der Waals surface area (Å²) < 4.78 is 10.6. The number of carbonyl (C=O) groups excluding carboxylic acids is 3. The van der Waals surface area contributed by atoms with E-state index >= 15 is 0 Å². The third-order valence-corrected chi connectivity index (χ3v) is 4.14. The lowest BCUT2D eigenvalue weighted by atomic mass is 9.87. The molecular weight excluding hydrogens is 328 g/mol. The predicted molar refractivity (Wildman–Crippen MR) is 88.3 cm³/mol. The highest BCUT2D eigenvalue weighted by Gasteiger charge is 2.28. The number of hydrogen-bond acceptors (Lipinski definition) is 7. The Morgan fingerprint density at radius 2 is 1.84 bits per heavy atom. The molecule has 1 aliphatic rings. The fraction of sp³-hybridized carbons (Fsp3) is 0.500. The number of carbonyl (C=O) groups is 3. The van der Waals surface area contributed by atoms with Crippen LogP contribution < -0.4 is 21.3 Å². The summed E-state index contributed by atoms with van der Waals surface area (Å²) in [5, 5.41) is 2.42. The van der Waals surface area contributed by atoms with Gasteiger partial charge in [-0.3, -0.25) is 19.8 Å². The minimum atomic E-state index is -0.943. The maximum absolute atomic E-state index is 11.5. The number of rotatable bonds is 4. The molecule has 2 amide bonds. The molecule has 0 aliphatic heterocycles. The first-order valence-corrected chi connectivity index (χ1v) is 7.98. The minimum absolute atomic E-state index is 0.0173. The number of nitrogens with one attached hydrogen (secondary N) is 2. The standard InChI is InChI=1S/C16H22N4O5/c1-9-12(19-14(21)15(22)20-17)7-8-13(18-9)25-11-5-3-10(4-6-11)16(23)24-2/h7-8,10-11H,3-6,17H2,1-2H3,(H,19,21)(H,20,22)/t10-,11+. The number of nitrogens with two attached hydrogens (primary N) is 1. The van der Waals surface area contributed by atoms with Crippen molar-refractivity contribution in [2.24, 2.45) is 11.8 Å². The van der Waals surface area contributed by atoms with Gasteiger partial charge in [0, 0.05) is 6.07 Å². The van der Waals surface area contributed by atoms with Crippen LogP contribution in [0.4, 0.5) is 5.69 Å². The third kappa shape index (κ3) is 4.90. The van der Waals surface area contributed by atoms with Crippen LogP contribution >= 0.6 is 0 Å². The molecular formula is C16H22N4O5. The average Bonchev–Trinajstić information content (AvgIpc) is 2.63. The van der Waals surface area contributed by atoms with Gasteiger partial charge in [0.2, 0.25) is 5.88 Å². The Morgan fingerprint density at radius 3 is 2.40 bits per heavy atom. The lowest BCUT2D eigenvalue weighted by Crippen LogP contribution is -2.39. The lowest BCUT2D eigenvalue weighted by Gasteiger charge is -2.27. The second-order valence-corrected chi connectivity index (χ2v) is 5.82. The minimum Gasteiger partial charge on any atom is -0.474 e. The molecule has 1 aromatic heterocycles. The quantitative estimate of drug-likeness (QED) is 0.236. The molecule has 1 heterocycles. The van der Waals surface area contributed by atoms with Gasteiger partial charge in [0.15, 0.2) is 0 Å². The van der Waals surface area contributed by atoms with E-state index in [0.717, 1.165) is 25.7 Å². The first-order valence-electron chi connectivity index (χ1n) is 7.98. The number of aryl methyl sites for hydroxylation is 1. The van der Waals surface area contributed by atoms with Gasteiger partial charge < -0.3 is 14.8 Å². The van der Waals surface area contributed by atoms with Crippen molar-refractivity contribution in [1.29, 1.82) is 0 Å². The van der Waals surface area contributed by atoms with Crippen LogP contribution in [0.2, 0.25) is 0 Å². The van der Waals surface area contributed by atoms with E-state index in [1.807, 2.05) is 0 Å². The van der Waals surface area contributed by atoms with Gasteiger partial charge in [0.05, 0.1) is 24.4 Å². The van der Waals surface area contributed by atoms with E-state index in [4.69, 9.17) is 15.3 Å². The van der Waals surface area contributed by atoms with Gasteiger partial charge in [-0.25, -0.2) is 10.8 Å². The Morgan fingerprint density at radius 1 is 1.16 bits per heavy atom. The van der Waals surface area contributed by atoms with Crippen molar-refractivity contribution in [1.82, 2.24) is 10.4 Å². The normalized spacial score (nSPS) is 19.6. The summed E-state index contributed by atoms with van der Waals surface area (Å²) in [5.74, 6) is 3.28. The molecule has 9 heteroatoms. The van der Waals surface area contributed by atoms with Gasteiger partial charge in [-0.15, -0.1) is 0 Å². The number of amides is 2. The summed E-state index contributed by atoms with van der Waals surface area (Å²) in [7, 11) is 1.40. The van der Waals surface area contributed by atoms with Crippen LogP contribution in [0.3, 0.4) is 0 Å². The van der Waals surface area contributed by atoms with Gasteiger partial charge in [0.1, 0.15) is 6.10 Å². The van der Waals surface area contributed by atoms with Gasteiger partial charge in [-0.1, -0.05) is 0 Å². The molecule has 2 rings (SSSR count). The largest absolute Gasteiger partial charge is 0.474 e. The van der Waals surface area contributed by atoms with E-state index < -0.39 is 11.8 Å². The molecule has 1 aromatic rings. The van der Waals surface area contributed by atoms with Crippen LogP contribution in [-0.4, -0.2) is 36.0 Å². The fourth-order valence-corrected chi connectivity index (χ4v) is 2.73. The number of aromatic nitrogens is 1. The van der Waals surface area contributed by atoms with E-state index in [-0.39, 0.29) is 18.0 Å². The van der Waals surface area contributed by atoms with Crippen LogP contribution in [0.5, 0.6) is 5.88 Å². The Labute approximate surface area is 145 Å². The number of methoxy groups -OCH3 is 1. The molecule has 1 aliphatic carbocycles. The highest BCUT2D eigenvalue weighted by Crippen LogP contribution is 2.28. The second kappa shape index (κ2) is 8.43. The van der Waals surface area contributed by atoms with Crippen molar-refractivity contribution in [2.75, 3.05) is 12.4 Å². The summed E-state index contributed by atoms with van der Waals surface area (Å²) in [6.07, 6.45) is 2.92. The Balaban J connectivity index is 1.92. The molecule has 0 spiro atoms. The molecule has 0 unspecified atom stereocenters. The summed E-state index contributed by atoms with van der Waals surface area (Å²) >= 11 is 0. The molecule has 0 aromatic carbocycles. The fourth-order valence-electron chi connectivity index (χ4n) is 2.73. The molecule has 25 heavy (non-hydrogen) atoms. The van der Waals surface area contributed by atoms with Crippen molar-refractivity contribution >= 4 is 23.5 Å². The Hall–Kier alpha value is -2.68. The van der Waals surface area contributed by atoms with Crippen molar-refractivity contribution in [3.63, 3.8) is 0 Å². The second-order valence-electron chi connectivity index (χ2n) is 5.82. The average molecular weight is 350 g/mol. The number of hydrazine groups is 1. The van der Waals surface area contributed by atoms with E-state index in [9.17, 15) is 14.4 Å². The molecule has 4 N–H and O–H groups in total. The molecule has 1 fully saturated rings. The zero-order valence-electron chi connectivity index (χ0n) is 14.2. The number of pyridine rings is 1. The first-order chi connectivity index (χ1) is 11.9. The number of hydrogen-bond donors (Lipinski definition) is 3. The summed E-state index contributed by atoms with van der Waals surface area (Å²) in [5.41, 5.74) is 2.67. The monoisotopic (exact) mass is 350 g/mol. The van der Waals surface area contributed by atoms with E-state index in [2.05, 4.69) is 10.3 Å². The van der Waals surface area contributed by atoms with Crippen molar-refractivity contribution in [2.45, 2.75) is 38.7 Å². The van der Waals surface area contributed by atoms with Crippen molar-refractivity contribution in [3.8, 4) is 5.88 Å². The zero-order valence-corrected chi connectivity index (χ0v) is 14.2. The Bertz CT molecular complexity index is 656. The van der Waals surface area contributed by atoms with E-state index in [1.54, 1.807) is 24.5 Å². The maximum Gasteiger partial charge on any atom is 0.323 e. The summed E-state index contributed by atoms with van der Waals surface area (Å²) in [4.78, 5) is 38.4. The van der Waals surface area contributed by atoms with Gasteiger partial charge in [0.25, 0.3) is 0 Å². The van der Waals surface area contributed by atoms with Gasteiger partial charge in [-0.2, -0.15) is 0 Å². The number of anilines is 1. The van der Waals surface area contributed by atoms with Crippen molar-refractivity contribution < 1.29 is 23.9 Å². The molecule has 9 nitrogen and oxygen atoms in total. The molecule has 1 saturated carbocycles. The lowest BCUT2D eigenvalue weighted by molar-refractivity contribution is -0.147. The highest BCUT2D eigenvalue weighted by molar-refractivity contribution is 6.39. The highest BCUT2D eigenvalue weighted by atomic mass is 16.5.